The Labute approximate surface area is 128 Å². The van der Waals surface area contributed by atoms with Crippen LogP contribution in [0, 0.1) is 5.82 Å². The molecule has 2 nitrogen and oxygen atoms in total. The molecule has 2 unspecified atom stereocenters. The lowest BCUT2D eigenvalue weighted by Gasteiger charge is -2.30. The predicted molar refractivity (Wildman–Crippen MR) is 80.0 cm³/mol. The van der Waals surface area contributed by atoms with E-state index in [0.717, 1.165) is 17.5 Å². The van der Waals surface area contributed by atoms with Crippen molar-refractivity contribution >= 4 is 11.6 Å². The fraction of sp³-hybridized carbons (Fsp3) is 0.294. The molecule has 0 spiro atoms. The van der Waals surface area contributed by atoms with Gasteiger partial charge < -0.3 is 9.84 Å². The van der Waals surface area contributed by atoms with E-state index < -0.39 is 6.10 Å². The van der Waals surface area contributed by atoms with E-state index in [1.165, 1.54) is 17.7 Å². The van der Waals surface area contributed by atoms with Gasteiger partial charge in [0.2, 0.25) is 0 Å². The lowest BCUT2D eigenvalue weighted by molar-refractivity contribution is -0.0460. The van der Waals surface area contributed by atoms with Crippen molar-refractivity contribution in [2.24, 2.45) is 0 Å². The Kier molecular flexibility index (Phi) is 4.24. The molecule has 0 amide bonds. The summed E-state index contributed by atoms with van der Waals surface area (Å²) in [5.41, 5.74) is 2.95. The van der Waals surface area contributed by atoms with Crippen molar-refractivity contribution in [1.82, 2.24) is 0 Å². The van der Waals surface area contributed by atoms with Crippen LogP contribution < -0.4 is 0 Å². The molecule has 0 fully saturated rings. The molecule has 1 aliphatic heterocycles. The molecule has 21 heavy (non-hydrogen) atoms. The highest BCUT2D eigenvalue weighted by atomic mass is 35.5. The van der Waals surface area contributed by atoms with E-state index >= 15 is 0 Å². The van der Waals surface area contributed by atoms with Gasteiger partial charge in [-0.2, -0.15) is 0 Å². The summed E-state index contributed by atoms with van der Waals surface area (Å²) < 4.78 is 18.8. The molecular weight excluding hydrogens is 291 g/mol. The standard InChI is InChI=1S/C17H16ClFO2/c18-15-10-13(19)6-5-12(15)9-16(20)17-14-4-2-1-3-11(14)7-8-21-17/h1-6,10,16-17,20H,7-9H2. The maximum absolute atomic E-state index is 13.1. The molecule has 0 saturated carbocycles. The van der Waals surface area contributed by atoms with E-state index in [9.17, 15) is 9.50 Å². The third-order valence-electron chi connectivity index (χ3n) is 3.82. The number of halogens is 2. The quantitative estimate of drug-likeness (QED) is 0.937. The monoisotopic (exact) mass is 306 g/mol. The van der Waals surface area contributed by atoms with Crippen molar-refractivity contribution in [3.8, 4) is 0 Å². The highest BCUT2D eigenvalue weighted by Crippen LogP contribution is 2.32. The van der Waals surface area contributed by atoms with E-state index in [1.807, 2.05) is 18.2 Å². The van der Waals surface area contributed by atoms with Crippen LogP contribution in [-0.4, -0.2) is 17.8 Å². The van der Waals surface area contributed by atoms with E-state index in [2.05, 4.69) is 6.07 Å². The fourth-order valence-corrected chi connectivity index (χ4v) is 3.01. The van der Waals surface area contributed by atoms with Gasteiger partial charge in [-0.25, -0.2) is 4.39 Å². The van der Waals surface area contributed by atoms with Crippen LogP contribution in [0.4, 0.5) is 4.39 Å². The van der Waals surface area contributed by atoms with Gasteiger partial charge in [0.15, 0.2) is 0 Å². The van der Waals surface area contributed by atoms with Crippen LogP contribution >= 0.6 is 11.6 Å². The normalized spacial score (nSPS) is 19.1. The van der Waals surface area contributed by atoms with Gasteiger partial charge in [0.1, 0.15) is 11.9 Å². The molecule has 0 radical (unpaired) electrons. The Bertz CT molecular complexity index is 644. The maximum Gasteiger partial charge on any atom is 0.124 e. The number of benzene rings is 2. The molecule has 3 rings (SSSR count). The summed E-state index contributed by atoms with van der Waals surface area (Å²) in [5, 5.41) is 10.8. The van der Waals surface area contributed by atoms with E-state index in [-0.39, 0.29) is 11.9 Å². The predicted octanol–water partition coefficient (Wildman–Crippen LogP) is 3.70. The van der Waals surface area contributed by atoms with Crippen molar-refractivity contribution in [2.75, 3.05) is 6.61 Å². The van der Waals surface area contributed by atoms with Crippen LogP contribution in [0.3, 0.4) is 0 Å². The summed E-state index contributed by atoms with van der Waals surface area (Å²) >= 11 is 6.02. The van der Waals surface area contributed by atoms with Crippen molar-refractivity contribution in [1.29, 1.82) is 0 Å². The smallest absolute Gasteiger partial charge is 0.124 e. The van der Waals surface area contributed by atoms with Crippen LogP contribution in [0.1, 0.15) is 22.8 Å². The van der Waals surface area contributed by atoms with E-state index in [0.29, 0.717) is 18.1 Å². The highest BCUT2D eigenvalue weighted by molar-refractivity contribution is 6.31. The molecule has 1 aliphatic rings. The third kappa shape index (κ3) is 3.10. The zero-order chi connectivity index (χ0) is 14.8. The number of hydrogen-bond acceptors (Lipinski definition) is 2. The Morgan fingerprint density at radius 2 is 2.10 bits per heavy atom. The zero-order valence-corrected chi connectivity index (χ0v) is 12.2. The molecule has 0 aromatic heterocycles. The molecular formula is C17H16ClFO2. The summed E-state index contributed by atoms with van der Waals surface area (Å²) in [6.45, 7) is 0.593. The van der Waals surface area contributed by atoms with Gasteiger partial charge in [-0.1, -0.05) is 41.9 Å². The minimum absolute atomic E-state index is 0.331. The Balaban J connectivity index is 1.81. The van der Waals surface area contributed by atoms with Crippen LogP contribution in [0.5, 0.6) is 0 Å². The molecule has 110 valence electrons. The van der Waals surface area contributed by atoms with Crippen molar-refractivity contribution in [3.63, 3.8) is 0 Å². The average Bonchev–Trinajstić information content (AvgIpc) is 2.49. The fourth-order valence-electron chi connectivity index (χ4n) is 2.76. The van der Waals surface area contributed by atoms with Crippen molar-refractivity contribution < 1.29 is 14.2 Å². The van der Waals surface area contributed by atoms with Gasteiger partial charge in [0.05, 0.1) is 12.7 Å². The Hall–Kier alpha value is -1.42. The van der Waals surface area contributed by atoms with Gasteiger partial charge in [-0.15, -0.1) is 0 Å². The number of rotatable bonds is 3. The number of fused-ring (bicyclic) bond motifs is 1. The first-order chi connectivity index (χ1) is 10.1. The molecule has 2 aromatic carbocycles. The van der Waals surface area contributed by atoms with Crippen LogP contribution in [0.2, 0.25) is 5.02 Å². The minimum atomic E-state index is -0.714. The van der Waals surface area contributed by atoms with Crippen LogP contribution in [0.15, 0.2) is 42.5 Å². The third-order valence-corrected chi connectivity index (χ3v) is 4.18. The second-order valence-electron chi connectivity index (χ2n) is 5.25. The number of aliphatic hydroxyl groups excluding tert-OH is 1. The molecule has 1 N–H and O–H groups in total. The van der Waals surface area contributed by atoms with E-state index in [1.54, 1.807) is 6.07 Å². The van der Waals surface area contributed by atoms with Gasteiger partial charge in [0, 0.05) is 11.4 Å². The van der Waals surface area contributed by atoms with Gasteiger partial charge in [-0.05, 0) is 35.2 Å². The van der Waals surface area contributed by atoms with Crippen LogP contribution in [0.25, 0.3) is 0 Å². The maximum atomic E-state index is 13.1. The first-order valence-corrected chi connectivity index (χ1v) is 7.34. The van der Waals surface area contributed by atoms with Gasteiger partial charge in [-0.3, -0.25) is 0 Å². The largest absolute Gasteiger partial charge is 0.390 e. The lowest BCUT2D eigenvalue weighted by atomic mass is 9.92. The first kappa shape index (κ1) is 14.5. The topological polar surface area (TPSA) is 29.5 Å². The van der Waals surface area contributed by atoms with Gasteiger partial charge in [0.25, 0.3) is 0 Å². The summed E-state index contributed by atoms with van der Waals surface area (Å²) in [7, 11) is 0. The Morgan fingerprint density at radius 1 is 1.29 bits per heavy atom. The second-order valence-corrected chi connectivity index (χ2v) is 5.65. The molecule has 1 heterocycles. The summed E-state index contributed by atoms with van der Waals surface area (Å²) in [6.07, 6.45) is 0.111. The number of ether oxygens (including phenoxy) is 1. The van der Waals surface area contributed by atoms with Gasteiger partial charge >= 0.3 is 0 Å². The minimum Gasteiger partial charge on any atom is -0.390 e. The molecule has 0 bridgehead atoms. The number of aliphatic hydroxyl groups is 1. The molecule has 2 aromatic rings. The summed E-state index contributed by atoms with van der Waals surface area (Å²) in [5.74, 6) is -0.377. The highest BCUT2D eigenvalue weighted by Gasteiger charge is 2.27. The van der Waals surface area contributed by atoms with Crippen molar-refractivity contribution in [3.05, 3.63) is 70.0 Å². The SMILES string of the molecule is OC(Cc1ccc(F)cc1Cl)C1OCCc2ccccc21. The Morgan fingerprint density at radius 3 is 2.90 bits per heavy atom. The summed E-state index contributed by atoms with van der Waals surface area (Å²) in [6, 6.07) is 12.2. The van der Waals surface area contributed by atoms with Crippen LogP contribution in [-0.2, 0) is 17.6 Å². The lowest BCUT2D eigenvalue weighted by Crippen LogP contribution is -2.28. The number of hydrogen-bond donors (Lipinski definition) is 1. The molecule has 2 atom stereocenters. The first-order valence-electron chi connectivity index (χ1n) is 6.96. The summed E-state index contributed by atoms with van der Waals surface area (Å²) in [4.78, 5) is 0. The molecule has 4 heteroatoms. The average molecular weight is 307 g/mol. The van der Waals surface area contributed by atoms with Crippen molar-refractivity contribution in [2.45, 2.75) is 25.0 Å². The van der Waals surface area contributed by atoms with E-state index in [4.69, 9.17) is 16.3 Å². The molecule has 0 saturated heterocycles. The zero-order valence-electron chi connectivity index (χ0n) is 11.4. The second kappa shape index (κ2) is 6.14. The molecule has 0 aliphatic carbocycles.